The van der Waals surface area contributed by atoms with Crippen LogP contribution in [0.25, 0.3) is 0 Å². The number of hydrogen-bond donors (Lipinski definition) is 0. The molecule has 0 N–H and O–H groups in total. The average Bonchev–Trinajstić information content (AvgIpc) is 2.22. The van der Waals surface area contributed by atoms with Crippen LogP contribution in [0.5, 0.6) is 5.75 Å². The SMILES string of the molecule is COC(=O)CCCOc1cc(F)nc(F)c1. The Hall–Kier alpha value is -1.72. The quantitative estimate of drug-likeness (QED) is 0.439. The van der Waals surface area contributed by atoms with Crippen molar-refractivity contribution in [3.8, 4) is 5.75 Å². The zero-order valence-electron chi connectivity index (χ0n) is 8.70. The van der Waals surface area contributed by atoms with Crippen LogP contribution in [-0.2, 0) is 9.53 Å². The molecule has 0 saturated heterocycles. The summed E-state index contributed by atoms with van der Waals surface area (Å²) in [6.45, 7) is 0.179. The van der Waals surface area contributed by atoms with E-state index in [1.165, 1.54) is 7.11 Å². The number of halogens is 2. The number of nitrogens with zero attached hydrogens (tertiary/aromatic N) is 1. The molecule has 1 heterocycles. The van der Waals surface area contributed by atoms with Crippen LogP contribution >= 0.6 is 0 Å². The molecule has 6 heteroatoms. The first-order chi connectivity index (χ1) is 7.61. The molecule has 88 valence electrons. The maximum absolute atomic E-state index is 12.6. The van der Waals surface area contributed by atoms with Gasteiger partial charge >= 0.3 is 5.97 Å². The van der Waals surface area contributed by atoms with Crippen molar-refractivity contribution in [2.24, 2.45) is 0 Å². The molecule has 1 aromatic heterocycles. The highest BCUT2D eigenvalue weighted by molar-refractivity contribution is 5.68. The molecule has 1 aromatic rings. The van der Waals surface area contributed by atoms with Gasteiger partial charge in [0.15, 0.2) is 0 Å². The highest BCUT2D eigenvalue weighted by Crippen LogP contribution is 2.13. The van der Waals surface area contributed by atoms with E-state index in [2.05, 4.69) is 9.72 Å². The Morgan fingerprint density at radius 1 is 1.38 bits per heavy atom. The molecule has 0 radical (unpaired) electrons. The van der Waals surface area contributed by atoms with Crippen LogP contribution in [0.15, 0.2) is 12.1 Å². The second kappa shape index (κ2) is 5.99. The minimum absolute atomic E-state index is 0.0508. The van der Waals surface area contributed by atoms with Gasteiger partial charge in [-0.1, -0.05) is 0 Å². The Labute approximate surface area is 91.2 Å². The minimum Gasteiger partial charge on any atom is -0.493 e. The molecule has 16 heavy (non-hydrogen) atoms. The van der Waals surface area contributed by atoms with Crippen molar-refractivity contribution in [2.75, 3.05) is 13.7 Å². The number of methoxy groups -OCH3 is 1. The van der Waals surface area contributed by atoms with E-state index in [0.29, 0.717) is 6.42 Å². The van der Waals surface area contributed by atoms with Gasteiger partial charge in [-0.3, -0.25) is 4.79 Å². The van der Waals surface area contributed by atoms with Gasteiger partial charge in [0.05, 0.1) is 13.7 Å². The minimum atomic E-state index is -0.942. The zero-order valence-corrected chi connectivity index (χ0v) is 8.70. The van der Waals surface area contributed by atoms with Crippen LogP contribution in [-0.4, -0.2) is 24.7 Å². The lowest BCUT2D eigenvalue weighted by molar-refractivity contribution is -0.140. The van der Waals surface area contributed by atoms with Gasteiger partial charge in [-0.25, -0.2) is 0 Å². The molecule has 0 unspecified atom stereocenters. The molecule has 0 bridgehead atoms. The Kier molecular flexibility index (Phi) is 4.63. The van der Waals surface area contributed by atoms with E-state index in [4.69, 9.17) is 4.74 Å². The van der Waals surface area contributed by atoms with Crippen molar-refractivity contribution >= 4 is 5.97 Å². The third kappa shape index (κ3) is 4.20. The summed E-state index contributed by atoms with van der Waals surface area (Å²) in [4.78, 5) is 13.6. The predicted octanol–water partition coefficient (Wildman–Crippen LogP) is 1.69. The van der Waals surface area contributed by atoms with Crippen LogP contribution in [0.3, 0.4) is 0 Å². The lowest BCUT2D eigenvalue weighted by Crippen LogP contribution is -2.05. The first kappa shape index (κ1) is 12.4. The van der Waals surface area contributed by atoms with Crippen LogP contribution in [0.4, 0.5) is 8.78 Å². The molecule has 0 spiro atoms. The molecule has 0 aliphatic carbocycles. The summed E-state index contributed by atoms with van der Waals surface area (Å²) in [5, 5.41) is 0. The van der Waals surface area contributed by atoms with Crippen LogP contribution in [0.2, 0.25) is 0 Å². The van der Waals surface area contributed by atoms with Gasteiger partial charge in [0, 0.05) is 18.6 Å². The zero-order chi connectivity index (χ0) is 12.0. The third-order valence-electron chi connectivity index (χ3n) is 1.76. The summed E-state index contributed by atoms with van der Waals surface area (Å²) in [6.07, 6.45) is 0.616. The number of carbonyl (C=O) groups excluding carboxylic acids is 1. The van der Waals surface area contributed by atoms with Gasteiger partial charge in [-0.15, -0.1) is 0 Å². The van der Waals surface area contributed by atoms with Gasteiger partial charge < -0.3 is 9.47 Å². The van der Waals surface area contributed by atoms with Gasteiger partial charge in [0.1, 0.15) is 5.75 Å². The molecule has 4 nitrogen and oxygen atoms in total. The summed E-state index contributed by atoms with van der Waals surface area (Å²) in [5.74, 6) is -2.18. The van der Waals surface area contributed by atoms with E-state index in [1.807, 2.05) is 0 Å². The smallest absolute Gasteiger partial charge is 0.305 e. The molecule has 0 amide bonds. The molecule has 0 saturated carbocycles. The van der Waals surface area contributed by atoms with Gasteiger partial charge in [-0.05, 0) is 6.42 Å². The van der Waals surface area contributed by atoms with E-state index < -0.39 is 11.9 Å². The second-order valence-corrected chi connectivity index (χ2v) is 2.98. The monoisotopic (exact) mass is 231 g/mol. The Morgan fingerprint density at radius 3 is 2.56 bits per heavy atom. The normalized spacial score (nSPS) is 9.94. The van der Waals surface area contributed by atoms with Crippen molar-refractivity contribution in [2.45, 2.75) is 12.8 Å². The number of ether oxygens (including phenoxy) is 2. The number of hydrogen-bond acceptors (Lipinski definition) is 4. The van der Waals surface area contributed by atoms with Crippen molar-refractivity contribution in [3.63, 3.8) is 0 Å². The van der Waals surface area contributed by atoms with Crippen molar-refractivity contribution in [1.29, 1.82) is 0 Å². The number of aromatic nitrogens is 1. The number of rotatable bonds is 5. The fraction of sp³-hybridized carbons (Fsp3) is 0.400. The standard InChI is InChI=1S/C10H11F2NO3/c1-15-10(14)3-2-4-16-7-5-8(11)13-9(12)6-7/h5-6H,2-4H2,1H3. The van der Waals surface area contributed by atoms with Crippen LogP contribution < -0.4 is 4.74 Å². The van der Waals surface area contributed by atoms with Gasteiger partial charge in [0.2, 0.25) is 11.9 Å². The van der Waals surface area contributed by atoms with E-state index >= 15 is 0 Å². The molecular formula is C10H11F2NO3. The van der Waals surface area contributed by atoms with Crippen molar-refractivity contribution in [3.05, 3.63) is 24.0 Å². The number of esters is 1. The van der Waals surface area contributed by atoms with Crippen LogP contribution in [0.1, 0.15) is 12.8 Å². The summed E-state index contributed by atoms with van der Waals surface area (Å²) in [6, 6.07) is 1.95. The van der Waals surface area contributed by atoms with E-state index in [-0.39, 0.29) is 24.7 Å². The third-order valence-corrected chi connectivity index (χ3v) is 1.76. The molecule has 0 aliphatic heterocycles. The molecular weight excluding hydrogens is 220 g/mol. The first-order valence-electron chi connectivity index (χ1n) is 4.64. The summed E-state index contributed by atoms with van der Waals surface area (Å²) >= 11 is 0. The van der Waals surface area contributed by atoms with Gasteiger partial charge in [0.25, 0.3) is 0 Å². The summed E-state index contributed by atoms with van der Waals surface area (Å²) < 4.78 is 34.7. The van der Waals surface area contributed by atoms with E-state index in [0.717, 1.165) is 12.1 Å². The number of pyridine rings is 1. The Balaban J connectivity index is 2.34. The molecule has 1 rings (SSSR count). The fourth-order valence-corrected chi connectivity index (χ4v) is 1.03. The average molecular weight is 231 g/mol. The van der Waals surface area contributed by atoms with Crippen molar-refractivity contribution < 1.29 is 23.0 Å². The molecule has 0 aliphatic rings. The topological polar surface area (TPSA) is 48.4 Å². The van der Waals surface area contributed by atoms with Crippen LogP contribution in [0, 0.1) is 11.9 Å². The van der Waals surface area contributed by atoms with Gasteiger partial charge in [-0.2, -0.15) is 13.8 Å². The molecule has 0 atom stereocenters. The van der Waals surface area contributed by atoms with Crippen molar-refractivity contribution in [1.82, 2.24) is 4.98 Å². The maximum atomic E-state index is 12.6. The maximum Gasteiger partial charge on any atom is 0.305 e. The highest BCUT2D eigenvalue weighted by Gasteiger charge is 2.04. The summed E-state index contributed by atoms with van der Waals surface area (Å²) in [5.41, 5.74) is 0. The number of carbonyl (C=O) groups is 1. The van der Waals surface area contributed by atoms with E-state index in [9.17, 15) is 13.6 Å². The first-order valence-corrected chi connectivity index (χ1v) is 4.64. The molecule has 0 aromatic carbocycles. The summed E-state index contributed by atoms with van der Waals surface area (Å²) in [7, 11) is 1.29. The lowest BCUT2D eigenvalue weighted by atomic mass is 10.3. The highest BCUT2D eigenvalue weighted by atomic mass is 19.1. The fourth-order valence-electron chi connectivity index (χ4n) is 1.03. The Bertz CT molecular complexity index is 351. The Morgan fingerprint density at radius 2 is 2.00 bits per heavy atom. The van der Waals surface area contributed by atoms with E-state index in [1.54, 1.807) is 0 Å². The lowest BCUT2D eigenvalue weighted by Gasteiger charge is -2.05. The second-order valence-electron chi connectivity index (χ2n) is 2.98. The largest absolute Gasteiger partial charge is 0.493 e. The predicted molar refractivity (Wildman–Crippen MR) is 50.9 cm³/mol. The molecule has 0 fully saturated rings.